The van der Waals surface area contributed by atoms with Gasteiger partial charge in [0.1, 0.15) is 11.5 Å². The number of rotatable bonds is 9. The topological polar surface area (TPSA) is 109 Å². The van der Waals surface area contributed by atoms with E-state index in [4.69, 9.17) is 0 Å². The molecule has 1 aliphatic carbocycles. The number of sulfonamides is 1. The molecule has 3 aromatic rings. The van der Waals surface area contributed by atoms with Crippen LogP contribution in [0.1, 0.15) is 58.4 Å². The molecule has 228 valence electrons. The van der Waals surface area contributed by atoms with Crippen molar-refractivity contribution in [2.45, 2.75) is 76.7 Å². The fraction of sp³-hybridized carbons (Fsp3) is 0.536. The maximum atomic E-state index is 14.9. The summed E-state index contributed by atoms with van der Waals surface area (Å²) in [6, 6.07) is 5.55. The van der Waals surface area contributed by atoms with Crippen LogP contribution in [0.2, 0.25) is 0 Å². The molecule has 0 spiro atoms. The van der Waals surface area contributed by atoms with Crippen LogP contribution in [0, 0.1) is 5.82 Å². The highest BCUT2D eigenvalue weighted by atomic mass is 32.2. The zero-order valence-electron chi connectivity index (χ0n) is 23.4. The van der Waals surface area contributed by atoms with E-state index in [-0.39, 0.29) is 23.2 Å². The van der Waals surface area contributed by atoms with Gasteiger partial charge in [-0.2, -0.15) is 18.2 Å². The van der Waals surface area contributed by atoms with E-state index in [1.165, 1.54) is 30.1 Å². The number of aromatic nitrogens is 3. The van der Waals surface area contributed by atoms with E-state index in [2.05, 4.69) is 20.2 Å². The summed E-state index contributed by atoms with van der Waals surface area (Å²) in [5, 5.41) is 3.98. The molecule has 1 saturated carbocycles. The first-order valence-electron chi connectivity index (χ1n) is 14.1. The van der Waals surface area contributed by atoms with Crippen molar-refractivity contribution in [1.82, 2.24) is 19.4 Å². The molecular formula is C28H34F4N6O3S. The molecule has 1 aromatic carbocycles. The minimum Gasteiger partial charge on any atom is -0.351 e. The molecule has 2 fully saturated rings. The summed E-state index contributed by atoms with van der Waals surface area (Å²) in [6.45, 7) is 6.03. The number of anilines is 2. The molecule has 42 heavy (non-hydrogen) atoms. The number of benzene rings is 1. The smallest absolute Gasteiger partial charge is 0.351 e. The number of pyridine rings is 1. The molecule has 1 aliphatic heterocycles. The van der Waals surface area contributed by atoms with Crippen molar-refractivity contribution >= 4 is 32.7 Å². The Hall–Kier alpha value is -3.26. The lowest BCUT2D eigenvalue weighted by Gasteiger charge is -2.42. The molecule has 9 nitrogen and oxygen atoms in total. The fourth-order valence-electron chi connectivity index (χ4n) is 5.58. The number of nitrogens with one attached hydrogen (secondary N) is 2. The molecule has 2 aliphatic rings. The summed E-state index contributed by atoms with van der Waals surface area (Å²) in [4.78, 5) is 25.3. The van der Waals surface area contributed by atoms with Gasteiger partial charge in [-0.15, -0.1) is 0 Å². The number of alkyl halides is 3. The number of likely N-dealkylation sites (tertiary alicyclic amines) is 1. The van der Waals surface area contributed by atoms with Gasteiger partial charge in [0.05, 0.1) is 17.9 Å². The number of nitrogens with zero attached hydrogens (tertiary/aromatic N) is 4. The van der Waals surface area contributed by atoms with Crippen LogP contribution in [0.25, 0.3) is 22.2 Å². The molecule has 0 radical (unpaired) electrons. The monoisotopic (exact) mass is 610 g/mol. The van der Waals surface area contributed by atoms with Crippen LogP contribution >= 0.6 is 0 Å². The second-order valence-corrected chi connectivity index (χ2v) is 13.2. The van der Waals surface area contributed by atoms with E-state index in [0.717, 1.165) is 37.8 Å². The van der Waals surface area contributed by atoms with Gasteiger partial charge >= 0.3 is 6.18 Å². The summed E-state index contributed by atoms with van der Waals surface area (Å²) in [7, 11) is -4.44. The Morgan fingerprint density at radius 3 is 2.40 bits per heavy atom. The average molecular weight is 611 g/mol. The highest BCUT2D eigenvalue weighted by molar-refractivity contribution is 7.92. The quantitative estimate of drug-likeness (QED) is 0.317. The number of fused-ring (bicyclic) bond motifs is 1. The fourth-order valence-corrected chi connectivity index (χ4v) is 6.69. The lowest BCUT2D eigenvalue weighted by atomic mass is 9.89. The number of hydrogen-bond donors (Lipinski definition) is 2. The van der Waals surface area contributed by atoms with E-state index in [1.807, 2.05) is 18.6 Å². The molecule has 0 amide bonds. The zero-order valence-corrected chi connectivity index (χ0v) is 24.2. The third kappa shape index (κ3) is 6.86. The van der Waals surface area contributed by atoms with Crippen molar-refractivity contribution in [3.63, 3.8) is 0 Å². The Kier molecular flexibility index (Phi) is 8.48. The van der Waals surface area contributed by atoms with Gasteiger partial charge in [0.15, 0.2) is 0 Å². The molecule has 2 N–H and O–H groups in total. The highest BCUT2D eigenvalue weighted by Gasteiger charge is 2.31. The molecule has 0 bridgehead atoms. The highest BCUT2D eigenvalue weighted by Crippen LogP contribution is 2.30. The number of halogens is 4. The predicted octanol–water partition coefficient (Wildman–Crippen LogP) is 5.30. The van der Waals surface area contributed by atoms with Crippen molar-refractivity contribution in [1.29, 1.82) is 0 Å². The Morgan fingerprint density at radius 1 is 1.10 bits per heavy atom. The van der Waals surface area contributed by atoms with Crippen LogP contribution in [-0.4, -0.2) is 65.0 Å². The van der Waals surface area contributed by atoms with Gasteiger partial charge in [0.25, 0.3) is 5.56 Å². The first-order chi connectivity index (χ1) is 19.8. The molecule has 3 heterocycles. The Balaban J connectivity index is 1.38. The predicted molar refractivity (Wildman–Crippen MR) is 154 cm³/mol. The van der Waals surface area contributed by atoms with E-state index >= 15 is 0 Å². The van der Waals surface area contributed by atoms with E-state index in [1.54, 1.807) is 12.3 Å². The second-order valence-electron chi connectivity index (χ2n) is 11.3. The van der Waals surface area contributed by atoms with Crippen LogP contribution in [0.4, 0.5) is 29.2 Å². The maximum Gasteiger partial charge on any atom is 0.390 e. The lowest BCUT2D eigenvalue weighted by molar-refractivity contribution is -0.129. The van der Waals surface area contributed by atoms with Gasteiger partial charge < -0.3 is 10.2 Å². The van der Waals surface area contributed by atoms with Crippen molar-refractivity contribution in [3.8, 4) is 11.1 Å². The molecule has 0 unspecified atom stereocenters. The summed E-state index contributed by atoms with van der Waals surface area (Å²) in [6.07, 6.45) is 0.919. The summed E-state index contributed by atoms with van der Waals surface area (Å²) >= 11 is 0. The minimum absolute atomic E-state index is 0.148. The van der Waals surface area contributed by atoms with Crippen LogP contribution in [0.3, 0.4) is 0 Å². The third-order valence-electron chi connectivity index (χ3n) is 7.93. The first-order valence-corrected chi connectivity index (χ1v) is 15.7. The largest absolute Gasteiger partial charge is 0.390 e. The van der Waals surface area contributed by atoms with Gasteiger partial charge in [-0.1, -0.05) is 6.07 Å². The van der Waals surface area contributed by atoms with Crippen molar-refractivity contribution in [2.24, 2.45) is 0 Å². The maximum absolute atomic E-state index is 14.9. The van der Waals surface area contributed by atoms with Crippen molar-refractivity contribution in [2.75, 3.05) is 28.9 Å². The Labute approximate surface area is 241 Å². The van der Waals surface area contributed by atoms with Gasteiger partial charge in [0, 0.05) is 35.3 Å². The van der Waals surface area contributed by atoms with Crippen LogP contribution < -0.4 is 15.6 Å². The summed E-state index contributed by atoms with van der Waals surface area (Å²) in [5.41, 5.74) is -0.178. The normalized spacial score (nSPS) is 20.1. The van der Waals surface area contributed by atoms with Crippen LogP contribution in [-0.2, 0) is 10.0 Å². The van der Waals surface area contributed by atoms with Crippen LogP contribution in [0.15, 0.2) is 35.3 Å². The molecule has 0 atom stereocenters. The first kappa shape index (κ1) is 30.2. The van der Waals surface area contributed by atoms with Crippen LogP contribution in [0.5, 0.6) is 0 Å². The van der Waals surface area contributed by atoms with Gasteiger partial charge in [-0.25, -0.2) is 17.8 Å². The average Bonchev–Trinajstić information content (AvgIpc) is 2.88. The summed E-state index contributed by atoms with van der Waals surface area (Å²) < 4.78 is 79.7. The lowest BCUT2D eigenvalue weighted by Crippen LogP contribution is -2.47. The molecule has 1 saturated heterocycles. The van der Waals surface area contributed by atoms with E-state index in [9.17, 15) is 30.8 Å². The van der Waals surface area contributed by atoms with E-state index < -0.39 is 45.4 Å². The molecular weight excluding hydrogens is 576 g/mol. The zero-order chi connectivity index (χ0) is 30.2. The van der Waals surface area contributed by atoms with Crippen molar-refractivity contribution < 1.29 is 26.0 Å². The standard InChI is InChI=1S/C28H34F4N6O3S/c1-17(2)38-25-19(16-33-27(35-25)34-20-5-7-21(8-6-20)37-11-3-12-37)14-22(26(38)39)18-4-9-24(23(29)15-18)36-42(40,41)13-10-28(30,31)32/h4,9,14-17,20-21,36H,3,5-8,10-13H2,1-2H3,(H,33,34,35). The van der Waals surface area contributed by atoms with E-state index in [0.29, 0.717) is 23.0 Å². The van der Waals surface area contributed by atoms with Crippen molar-refractivity contribution in [3.05, 3.63) is 46.6 Å². The second kappa shape index (κ2) is 11.8. The van der Waals surface area contributed by atoms with Gasteiger partial charge in [-0.05, 0) is 82.8 Å². The SMILES string of the molecule is CC(C)n1c(=O)c(-c2ccc(NS(=O)(=O)CCC(F)(F)F)c(F)c2)cc2cnc(NC3CCC(N4CCC4)CC3)nc21. The molecule has 5 rings (SSSR count). The van der Waals surface area contributed by atoms with Gasteiger partial charge in [-0.3, -0.25) is 14.1 Å². The molecule has 14 heteroatoms. The minimum atomic E-state index is -4.67. The Bertz CT molecular complexity index is 1610. The molecule has 2 aromatic heterocycles. The third-order valence-corrected chi connectivity index (χ3v) is 9.20. The Morgan fingerprint density at radius 2 is 1.81 bits per heavy atom. The summed E-state index contributed by atoms with van der Waals surface area (Å²) in [5.74, 6) is -1.83. The number of hydrogen-bond acceptors (Lipinski definition) is 7. The van der Waals surface area contributed by atoms with Gasteiger partial charge in [0.2, 0.25) is 16.0 Å².